The monoisotopic (exact) mass is 219 g/mol. The molecule has 0 saturated carbocycles. The van der Waals surface area contributed by atoms with E-state index in [9.17, 15) is 9.90 Å². The third-order valence-electron chi connectivity index (χ3n) is 1.95. The first kappa shape index (κ1) is 7.49. The zero-order valence-corrected chi connectivity index (χ0v) is 9.57. The van der Waals surface area contributed by atoms with Gasteiger partial charge >= 0.3 is 6.09 Å². The van der Waals surface area contributed by atoms with Gasteiger partial charge in [0.25, 0.3) is 0 Å². The summed E-state index contributed by atoms with van der Waals surface area (Å²) in [5.41, 5.74) is -0.744. The van der Waals surface area contributed by atoms with Crippen LogP contribution in [0.2, 0.25) is 0 Å². The first-order valence-electron chi connectivity index (χ1n) is 6.97. The molecule has 0 spiro atoms. The van der Waals surface area contributed by atoms with Crippen LogP contribution in [-0.2, 0) is 4.74 Å². The molecule has 0 aromatic rings. The van der Waals surface area contributed by atoms with Gasteiger partial charge in [0.15, 0.2) is 0 Å². The minimum Gasteiger partial charge on any atom is -0.444 e. The van der Waals surface area contributed by atoms with Crippen LogP contribution in [0.4, 0.5) is 4.79 Å². The highest BCUT2D eigenvalue weighted by molar-refractivity contribution is 5.68. The molecule has 0 aliphatic carbocycles. The number of aliphatic hydroxyl groups is 1. The lowest BCUT2D eigenvalue weighted by Crippen LogP contribution is -2.47. The first-order valence-corrected chi connectivity index (χ1v) is 4.97. The molecular formula is C11H21NO3. The molecule has 1 amide bonds. The highest BCUT2D eigenvalue weighted by atomic mass is 16.6. The van der Waals surface area contributed by atoms with E-state index in [0.717, 1.165) is 4.90 Å². The van der Waals surface area contributed by atoms with E-state index in [-0.39, 0.29) is 0 Å². The maximum Gasteiger partial charge on any atom is 0.410 e. The Balaban J connectivity index is 3.00. The van der Waals surface area contributed by atoms with E-state index in [1.807, 2.05) is 0 Å². The predicted molar refractivity (Wildman–Crippen MR) is 57.6 cm³/mol. The minimum absolute atomic E-state index is 0.399. The quantitative estimate of drug-likeness (QED) is 0.675. The Labute approximate surface area is 96.8 Å². The van der Waals surface area contributed by atoms with E-state index in [1.165, 1.54) is 6.92 Å². The summed E-state index contributed by atoms with van der Waals surface area (Å²) in [6, 6.07) is -0.971. The summed E-state index contributed by atoms with van der Waals surface area (Å²) in [6.07, 6.45) is -7.01. The van der Waals surface area contributed by atoms with Gasteiger partial charge in [-0.25, -0.2) is 4.79 Å². The summed E-state index contributed by atoms with van der Waals surface area (Å²) in [5.74, 6) is 0. The number of amides is 1. The molecule has 15 heavy (non-hydrogen) atoms. The first-order chi connectivity index (χ1) is 8.29. The Morgan fingerprint density at radius 3 is 2.73 bits per heavy atom. The molecule has 1 rings (SSSR count). The lowest BCUT2D eigenvalue weighted by molar-refractivity contribution is -0.00456. The van der Waals surface area contributed by atoms with Crippen molar-refractivity contribution in [3.05, 3.63) is 0 Å². The summed E-state index contributed by atoms with van der Waals surface area (Å²) >= 11 is 0. The Hall–Kier alpha value is -0.770. The average molecular weight is 219 g/mol. The van der Waals surface area contributed by atoms with Crippen molar-refractivity contribution in [1.29, 1.82) is 0 Å². The predicted octanol–water partition coefficient (Wildman–Crippen LogP) is 1.77. The number of likely N-dealkylation sites (tertiary alicyclic amines) is 1. The molecule has 1 aliphatic heterocycles. The number of ether oxygens (including phenoxy) is 1. The van der Waals surface area contributed by atoms with Crippen molar-refractivity contribution in [2.24, 2.45) is 0 Å². The maximum atomic E-state index is 12.0. The Bertz CT molecular complexity index is 367. The summed E-state index contributed by atoms with van der Waals surface area (Å²) in [4.78, 5) is 13.0. The third-order valence-corrected chi connectivity index (χ3v) is 1.95. The number of carbonyl (C=O) groups excluding carboxylic acids is 1. The fourth-order valence-corrected chi connectivity index (χ4v) is 1.24. The second kappa shape index (κ2) is 4.39. The second-order valence-corrected chi connectivity index (χ2v) is 4.56. The SMILES string of the molecule is [2H]C1([2H])CN(C(=O)OC(C)(C)C)C(C)C([2H])([2H])C1O. The zero-order valence-electron chi connectivity index (χ0n) is 13.6. The van der Waals surface area contributed by atoms with Crippen LogP contribution >= 0.6 is 0 Å². The Kier molecular flexibility index (Phi) is 2.19. The minimum atomic E-state index is -2.24. The number of rotatable bonds is 0. The molecule has 0 bridgehead atoms. The van der Waals surface area contributed by atoms with Crippen molar-refractivity contribution in [3.63, 3.8) is 0 Å². The van der Waals surface area contributed by atoms with Crippen molar-refractivity contribution in [3.8, 4) is 0 Å². The van der Waals surface area contributed by atoms with Gasteiger partial charge in [0.2, 0.25) is 0 Å². The Morgan fingerprint density at radius 2 is 2.20 bits per heavy atom. The number of nitrogens with zero attached hydrogens (tertiary/aromatic N) is 1. The van der Waals surface area contributed by atoms with E-state index in [2.05, 4.69) is 0 Å². The van der Waals surface area contributed by atoms with Gasteiger partial charge in [0.05, 0.1) is 6.10 Å². The largest absolute Gasteiger partial charge is 0.444 e. The molecule has 88 valence electrons. The van der Waals surface area contributed by atoms with Crippen molar-refractivity contribution < 1.29 is 20.1 Å². The zero-order chi connectivity index (χ0) is 15.2. The van der Waals surface area contributed by atoms with Crippen LogP contribution in [0, 0.1) is 0 Å². The molecule has 2 atom stereocenters. The number of piperidine rings is 1. The molecule has 0 aromatic heterocycles. The molecule has 4 nitrogen and oxygen atoms in total. The van der Waals surface area contributed by atoms with Gasteiger partial charge in [-0.3, -0.25) is 0 Å². The second-order valence-electron chi connectivity index (χ2n) is 4.56. The summed E-state index contributed by atoms with van der Waals surface area (Å²) in [6.45, 7) is 6.07. The standard InChI is InChI=1S/C11H21NO3/c1-8-7-9(13)5-6-12(8)10(14)15-11(2,3)4/h8-9,13H,5-7H2,1-4H3/i5D2,7D2. The summed E-state index contributed by atoms with van der Waals surface area (Å²) in [5, 5.41) is 9.74. The van der Waals surface area contributed by atoms with Gasteiger partial charge in [-0.1, -0.05) is 0 Å². The van der Waals surface area contributed by atoms with Gasteiger partial charge in [-0.15, -0.1) is 0 Å². The normalized spacial score (nSPS) is 38.3. The number of aliphatic hydroxyl groups excluding tert-OH is 1. The van der Waals surface area contributed by atoms with Gasteiger partial charge in [0.1, 0.15) is 5.60 Å². The molecule has 0 radical (unpaired) electrons. The molecular weight excluding hydrogens is 194 g/mol. The highest BCUT2D eigenvalue weighted by Crippen LogP contribution is 2.20. The smallest absolute Gasteiger partial charge is 0.410 e. The van der Waals surface area contributed by atoms with Crippen molar-refractivity contribution in [2.45, 2.75) is 58.2 Å². The fourth-order valence-electron chi connectivity index (χ4n) is 1.24. The van der Waals surface area contributed by atoms with E-state index in [0.29, 0.717) is 0 Å². The molecule has 2 unspecified atom stereocenters. The van der Waals surface area contributed by atoms with Gasteiger partial charge in [-0.2, -0.15) is 0 Å². The van der Waals surface area contributed by atoms with Crippen LogP contribution in [0.5, 0.6) is 0 Å². The van der Waals surface area contributed by atoms with E-state index in [4.69, 9.17) is 10.2 Å². The van der Waals surface area contributed by atoms with E-state index in [1.54, 1.807) is 20.8 Å². The van der Waals surface area contributed by atoms with Crippen LogP contribution in [0.1, 0.15) is 45.9 Å². The van der Waals surface area contributed by atoms with Crippen molar-refractivity contribution in [1.82, 2.24) is 4.90 Å². The maximum absolute atomic E-state index is 12.0. The third kappa shape index (κ3) is 3.70. The van der Waals surface area contributed by atoms with Crippen LogP contribution in [-0.4, -0.2) is 40.4 Å². The molecule has 0 aromatic carbocycles. The summed E-state index contributed by atoms with van der Waals surface area (Å²) in [7, 11) is 0. The molecule has 1 heterocycles. The molecule has 1 aliphatic rings. The van der Waals surface area contributed by atoms with Gasteiger partial charge < -0.3 is 14.7 Å². The lowest BCUT2D eigenvalue weighted by atomic mass is 10.0. The fraction of sp³-hybridized carbons (Fsp3) is 0.909. The van der Waals surface area contributed by atoms with E-state index < -0.39 is 43.1 Å². The molecule has 1 fully saturated rings. The number of hydrogen-bond donors (Lipinski definition) is 1. The number of hydrogen-bond acceptors (Lipinski definition) is 3. The van der Waals surface area contributed by atoms with Crippen LogP contribution < -0.4 is 0 Å². The van der Waals surface area contributed by atoms with Crippen molar-refractivity contribution in [2.75, 3.05) is 6.54 Å². The molecule has 1 N–H and O–H groups in total. The molecule has 4 heteroatoms. The van der Waals surface area contributed by atoms with Crippen LogP contribution in [0.3, 0.4) is 0 Å². The highest BCUT2D eigenvalue weighted by Gasteiger charge is 2.30. The van der Waals surface area contributed by atoms with Crippen LogP contribution in [0.25, 0.3) is 0 Å². The topological polar surface area (TPSA) is 49.8 Å². The Morgan fingerprint density at radius 1 is 1.60 bits per heavy atom. The lowest BCUT2D eigenvalue weighted by Gasteiger charge is -2.36. The summed E-state index contributed by atoms with van der Waals surface area (Å²) < 4.78 is 36.0. The van der Waals surface area contributed by atoms with Crippen LogP contribution in [0.15, 0.2) is 0 Å². The van der Waals surface area contributed by atoms with Crippen molar-refractivity contribution >= 4 is 6.09 Å². The van der Waals surface area contributed by atoms with Gasteiger partial charge in [-0.05, 0) is 40.4 Å². The van der Waals surface area contributed by atoms with E-state index >= 15 is 0 Å². The average Bonchev–Trinajstić information content (AvgIpc) is 2.19. The van der Waals surface area contributed by atoms with Gasteiger partial charge in [0, 0.05) is 18.1 Å². The number of carbonyl (C=O) groups is 1. The molecule has 1 saturated heterocycles.